The number of carbonyl (C=O) groups is 4. The lowest BCUT2D eigenvalue weighted by molar-refractivity contribution is -0.139. The van der Waals surface area contributed by atoms with Crippen LogP contribution in [0.15, 0.2) is 109 Å². The zero-order valence-electron chi connectivity index (χ0n) is 29.2. The van der Waals surface area contributed by atoms with Crippen LogP contribution >= 0.6 is 0 Å². The Kier molecular flexibility index (Phi) is 13.0. The number of fused-ring (bicyclic) bond motifs is 1. The zero-order chi connectivity index (χ0) is 36.9. The van der Waals surface area contributed by atoms with Crippen molar-refractivity contribution in [2.75, 3.05) is 19.0 Å². The van der Waals surface area contributed by atoms with E-state index >= 15 is 0 Å². The van der Waals surface area contributed by atoms with Crippen LogP contribution in [0.5, 0.6) is 17.2 Å². The van der Waals surface area contributed by atoms with Crippen LogP contribution in [0.2, 0.25) is 0 Å². The number of amides is 2. The van der Waals surface area contributed by atoms with E-state index in [0.717, 1.165) is 23.6 Å². The minimum atomic E-state index is -1.27. The molecule has 0 bridgehead atoms. The molecule has 0 spiro atoms. The maximum Gasteiger partial charge on any atom is 0.343 e. The Morgan fingerprint density at radius 2 is 1.44 bits per heavy atom. The molecular formula is C42H42N2O8. The molecular weight excluding hydrogens is 660 g/mol. The summed E-state index contributed by atoms with van der Waals surface area (Å²) in [4.78, 5) is 51.1. The van der Waals surface area contributed by atoms with Crippen LogP contribution in [-0.4, -0.2) is 48.6 Å². The van der Waals surface area contributed by atoms with Gasteiger partial charge in [-0.15, -0.1) is 0 Å². The minimum absolute atomic E-state index is 0.0646. The van der Waals surface area contributed by atoms with Crippen molar-refractivity contribution in [2.45, 2.75) is 51.5 Å². The summed E-state index contributed by atoms with van der Waals surface area (Å²) in [6.45, 7) is 2.79. The SMILES string of the molecule is CCCCCCCOc1ccc(C(=O)Oc2ccc(CC(NC(=O)c3ccc(NC(=O)c4cccc5ccccc45)cc3)C(=O)O)cc2OC)cc1. The van der Waals surface area contributed by atoms with Crippen molar-refractivity contribution in [3.63, 3.8) is 0 Å². The number of rotatable bonds is 17. The van der Waals surface area contributed by atoms with Gasteiger partial charge in [0.1, 0.15) is 11.8 Å². The summed E-state index contributed by atoms with van der Waals surface area (Å²) < 4.78 is 16.8. The van der Waals surface area contributed by atoms with Crippen LogP contribution in [0, 0.1) is 0 Å². The molecule has 3 N–H and O–H groups in total. The van der Waals surface area contributed by atoms with E-state index in [2.05, 4.69) is 17.6 Å². The van der Waals surface area contributed by atoms with E-state index in [0.29, 0.717) is 34.7 Å². The number of benzene rings is 5. The van der Waals surface area contributed by atoms with Crippen LogP contribution in [-0.2, 0) is 11.2 Å². The molecule has 1 unspecified atom stereocenters. The molecule has 1 atom stereocenters. The molecule has 52 heavy (non-hydrogen) atoms. The van der Waals surface area contributed by atoms with Gasteiger partial charge in [-0.2, -0.15) is 0 Å². The number of aliphatic carboxylic acids is 1. The number of carboxylic acid groups (broad SMARTS) is 1. The molecule has 0 saturated heterocycles. The molecule has 0 radical (unpaired) electrons. The third kappa shape index (κ3) is 9.97. The van der Waals surface area contributed by atoms with Gasteiger partial charge in [0.05, 0.1) is 19.3 Å². The highest BCUT2D eigenvalue weighted by Crippen LogP contribution is 2.30. The van der Waals surface area contributed by atoms with Gasteiger partial charge < -0.3 is 30.0 Å². The molecule has 0 saturated carbocycles. The number of methoxy groups -OCH3 is 1. The van der Waals surface area contributed by atoms with Crippen molar-refractivity contribution in [3.05, 3.63) is 131 Å². The molecule has 0 fully saturated rings. The molecule has 0 heterocycles. The monoisotopic (exact) mass is 702 g/mol. The highest BCUT2D eigenvalue weighted by molar-refractivity contribution is 6.13. The molecule has 10 nitrogen and oxygen atoms in total. The van der Waals surface area contributed by atoms with Gasteiger partial charge in [-0.05, 0) is 89.5 Å². The van der Waals surface area contributed by atoms with Crippen molar-refractivity contribution < 1.29 is 38.5 Å². The zero-order valence-corrected chi connectivity index (χ0v) is 29.2. The maximum absolute atomic E-state index is 13.1. The van der Waals surface area contributed by atoms with Crippen LogP contribution in [0.4, 0.5) is 5.69 Å². The average Bonchev–Trinajstić information content (AvgIpc) is 3.16. The van der Waals surface area contributed by atoms with Gasteiger partial charge in [0.2, 0.25) is 0 Å². The Balaban J connectivity index is 1.16. The van der Waals surface area contributed by atoms with Gasteiger partial charge >= 0.3 is 11.9 Å². The van der Waals surface area contributed by atoms with E-state index in [-0.39, 0.29) is 29.4 Å². The Morgan fingerprint density at radius 3 is 2.17 bits per heavy atom. The fourth-order valence-corrected chi connectivity index (χ4v) is 5.67. The fourth-order valence-electron chi connectivity index (χ4n) is 5.67. The molecule has 0 aliphatic heterocycles. The molecule has 5 aromatic carbocycles. The fraction of sp³-hybridized carbons (Fsp3) is 0.238. The molecule has 2 amide bonds. The first-order chi connectivity index (χ1) is 25.2. The molecule has 268 valence electrons. The van der Waals surface area contributed by atoms with E-state index in [1.807, 2.05) is 36.4 Å². The number of carbonyl (C=O) groups excluding carboxylic acids is 3. The lowest BCUT2D eigenvalue weighted by Gasteiger charge is -2.16. The van der Waals surface area contributed by atoms with E-state index in [1.165, 1.54) is 44.6 Å². The molecule has 0 aliphatic carbocycles. The van der Waals surface area contributed by atoms with Gasteiger partial charge in [-0.1, -0.05) is 75.1 Å². The topological polar surface area (TPSA) is 140 Å². The highest BCUT2D eigenvalue weighted by Gasteiger charge is 2.23. The molecule has 0 aromatic heterocycles. The van der Waals surface area contributed by atoms with E-state index in [1.54, 1.807) is 54.6 Å². The Bertz CT molecular complexity index is 2000. The molecule has 5 rings (SSSR count). The number of carboxylic acids is 1. The largest absolute Gasteiger partial charge is 0.494 e. The number of ether oxygens (including phenoxy) is 3. The molecule has 5 aromatic rings. The first-order valence-corrected chi connectivity index (χ1v) is 17.3. The molecule has 10 heteroatoms. The Labute approximate surface area is 302 Å². The van der Waals surface area contributed by atoms with Crippen molar-refractivity contribution in [1.29, 1.82) is 0 Å². The van der Waals surface area contributed by atoms with Gasteiger partial charge in [-0.25, -0.2) is 9.59 Å². The van der Waals surface area contributed by atoms with Crippen LogP contribution in [0.3, 0.4) is 0 Å². The van der Waals surface area contributed by atoms with Crippen molar-refractivity contribution in [3.8, 4) is 17.2 Å². The van der Waals surface area contributed by atoms with Crippen molar-refractivity contribution >= 4 is 40.2 Å². The summed E-state index contributed by atoms with van der Waals surface area (Å²) in [7, 11) is 1.41. The second-order valence-corrected chi connectivity index (χ2v) is 12.3. The van der Waals surface area contributed by atoms with E-state index < -0.39 is 23.9 Å². The lowest BCUT2D eigenvalue weighted by Crippen LogP contribution is -2.42. The first kappa shape index (κ1) is 37.1. The number of anilines is 1. The second kappa shape index (κ2) is 18.2. The highest BCUT2D eigenvalue weighted by atomic mass is 16.6. The van der Waals surface area contributed by atoms with Gasteiger partial charge in [0.25, 0.3) is 11.8 Å². The number of nitrogens with one attached hydrogen (secondary N) is 2. The molecule has 0 aliphatic rings. The Morgan fingerprint density at radius 1 is 0.731 bits per heavy atom. The van der Waals surface area contributed by atoms with Crippen LogP contribution in [0.1, 0.15) is 75.7 Å². The van der Waals surface area contributed by atoms with E-state index in [9.17, 15) is 24.3 Å². The summed E-state index contributed by atoms with van der Waals surface area (Å²) in [6.07, 6.45) is 5.64. The number of esters is 1. The van der Waals surface area contributed by atoms with Gasteiger partial charge in [0.15, 0.2) is 11.5 Å². The average molecular weight is 703 g/mol. The Hall–Kier alpha value is -6.16. The normalized spacial score (nSPS) is 11.3. The van der Waals surface area contributed by atoms with Crippen molar-refractivity contribution in [1.82, 2.24) is 5.32 Å². The summed E-state index contributed by atoms with van der Waals surface area (Å²) in [5.41, 5.74) is 2.08. The summed E-state index contributed by atoms with van der Waals surface area (Å²) >= 11 is 0. The standard InChI is InChI=1S/C42H42N2O8/c1-3-4-5-6-9-25-51-33-22-18-31(19-23-33)42(49)52-37-24-15-28(27-38(37)50-2)26-36(41(47)48)44-39(45)30-16-20-32(21-17-30)43-40(46)35-14-10-12-29-11-7-8-13-34(29)35/h7-8,10-24,27,36H,3-6,9,25-26H2,1-2H3,(H,43,46)(H,44,45)(H,47,48). The smallest absolute Gasteiger partial charge is 0.343 e. The second-order valence-electron chi connectivity index (χ2n) is 12.3. The van der Waals surface area contributed by atoms with Crippen LogP contribution < -0.4 is 24.8 Å². The third-order valence-electron chi connectivity index (χ3n) is 8.52. The minimum Gasteiger partial charge on any atom is -0.494 e. The predicted octanol–water partition coefficient (Wildman–Crippen LogP) is 8.09. The number of hydrogen-bond acceptors (Lipinski definition) is 7. The first-order valence-electron chi connectivity index (χ1n) is 17.3. The van der Waals surface area contributed by atoms with Crippen LogP contribution in [0.25, 0.3) is 10.8 Å². The van der Waals surface area contributed by atoms with Gasteiger partial charge in [0, 0.05) is 23.2 Å². The van der Waals surface area contributed by atoms with E-state index in [4.69, 9.17) is 14.2 Å². The van der Waals surface area contributed by atoms with Crippen molar-refractivity contribution in [2.24, 2.45) is 0 Å². The predicted molar refractivity (Wildman–Crippen MR) is 200 cm³/mol. The quantitative estimate of drug-likeness (QED) is 0.0502. The summed E-state index contributed by atoms with van der Waals surface area (Å²) in [5.74, 6) is -1.65. The summed E-state index contributed by atoms with van der Waals surface area (Å²) in [5, 5.41) is 17.1. The third-order valence-corrected chi connectivity index (χ3v) is 8.52. The number of unbranched alkanes of at least 4 members (excludes halogenated alkanes) is 4. The maximum atomic E-state index is 13.1. The number of hydrogen-bond donors (Lipinski definition) is 3. The van der Waals surface area contributed by atoms with Gasteiger partial charge in [-0.3, -0.25) is 9.59 Å². The lowest BCUT2D eigenvalue weighted by atomic mass is 10.0. The summed E-state index contributed by atoms with van der Waals surface area (Å²) in [6, 6.07) is 29.4.